The van der Waals surface area contributed by atoms with Crippen molar-refractivity contribution >= 4 is 17.3 Å². The van der Waals surface area contributed by atoms with E-state index in [9.17, 15) is 22.0 Å². The summed E-state index contributed by atoms with van der Waals surface area (Å²) in [7, 11) is 0. The van der Waals surface area contributed by atoms with Gasteiger partial charge in [-0.2, -0.15) is 8.78 Å². The van der Waals surface area contributed by atoms with Gasteiger partial charge in [0.25, 0.3) is 0 Å². The van der Waals surface area contributed by atoms with Crippen molar-refractivity contribution in [1.82, 2.24) is 0 Å². The summed E-state index contributed by atoms with van der Waals surface area (Å²) < 4.78 is 70.6. The zero-order valence-corrected chi connectivity index (χ0v) is 11.3. The lowest BCUT2D eigenvalue weighted by molar-refractivity contribution is 0.347. The highest BCUT2D eigenvalue weighted by Gasteiger charge is 2.28. The van der Waals surface area contributed by atoms with Crippen molar-refractivity contribution in [1.29, 1.82) is 0 Å². The Hall–Kier alpha value is -2.02. The number of halogens is 5. The molecule has 2 aromatic rings. The van der Waals surface area contributed by atoms with Crippen LogP contribution in [0.25, 0.3) is 0 Å². The fourth-order valence-electron chi connectivity index (χ4n) is 1.62. The minimum atomic E-state index is -2.25. The van der Waals surface area contributed by atoms with Gasteiger partial charge in [0.15, 0.2) is 5.05 Å². The molecule has 21 heavy (non-hydrogen) atoms. The molecule has 0 radical (unpaired) electrons. The molecule has 0 fully saturated rings. The van der Waals surface area contributed by atoms with E-state index in [-0.39, 0.29) is 0 Å². The van der Waals surface area contributed by atoms with Crippen LogP contribution in [0.15, 0.2) is 24.3 Å². The molecule has 2 aromatic carbocycles. The van der Waals surface area contributed by atoms with Gasteiger partial charge < -0.3 is 4.74 Å². The third-order valence-corrected chi connectivity index (χ3v) is 3.03. The number of aryl methyl sites for hydroxylation is 1. The average molecular weight is 318 g/mol. The molecule has 1 nitrogen and oxygen atoms in total. The average Bonchev–Trinajstić information content (AvgIpc) is 2.48. The Morgan fingerprint density at radius 1 is 0.857 bits per heavy atom. The number of thiocarbonyl (C=S) groups is 1. The summed E-state index contributed by atoms with van der Waals surface area (Å²) >= 11 is 4.83. The van der Waals surface area contributed by atoms with Gasteiger partial charge in [-0.1, -0.05) is 24.3 Å². The molecule has 0 bridgehead atoms. The van der Waals surface area contributed by atoms with Crippen molar-refractivity contribution < 1.29 is 26.7 Å². The maximum Gasteiger partial charge on any atom is 0.207 e. The highest BCUT2D eigenvalue weighted by atomic mass is 32.1. The summed E-state index contributed by atoms with van der Waals surface area (Å²) in [5.74, 6) is -12.0. The van der Waals surface area contributed by atoms with Crippen molar-refractivity contribution in [2.75, 3.05) is 0 Å². The topological polar surface area (TPSA) is 9.23 Å². The molecule has 7 heteroatoms. The molecule has 2 rings (SSSR count). The van der Waals surface area contributed by atoms with Crippen molar-refractivity contribution in [3.05, 3.63) is 64.5 Å². The van der Waals surface area contributed by atoms with Gasteiger partial charge in [0.2, 0.25) is 34.8 Å². The van der Waals surface area contributed by atoms with E-state index < -0.39 is 39.9 Å². The fourth-order valence-corrected chi connectivity index (χ4v) is 1.94. The molecule has 0 aliphatic heterocycles. The lowest BCUT2D eigenvalue weighted by Gasteiger charge is -2.12. The van der Waals surface area contributed by atoms with Crippen LogP contribution in [0.3, 0.4) is 0 Å². The van der Waals surface area contributed by atoms with E-state index in [1.54, 1.807) is 25.1 Å². The fraction of sp³-hybridized carbons (Fsp3) is 0.0714. The second kappa shape index (κ2) is 5.77. The zero-order valence-electron chi connectivity index (χ0n) is 10.5. The van der Waals surface area contributed by atoms with Gasteiger partial charge in [0.1, 0.15) is 0 Å². The first-order valence-corrected chi connectivity index (χ1v) is 6.04. The van der Waals surface area contributed by atoms with Crippen LogP contribution in [0.2, 0.25) is 0 Å². The van der Waals surface area contributed by atoms with Gasteiger partial charge in [0.05, 0.1) is 0 Å². The molecule has 0 amide bonds. The first kappa shape index (κ1) is 15.4. The van der Waals surface area contributed by atoms with E-state index in [2.05, 4.69) is 0 Å². The molecule has 0 N–H and O–H groups in total. The van der Waals surface area contributed by atoms with Gasteiger partial charge in [0, 0.05) is 5.56 Å². The Labute approximate surface area is 122 Å². The first-order chi connectivity index (χ1) is 9.84. The van der Waals surface area contributed by atoms with Gasteiger partial charge >= 0.3 is 0 Å². The molecule has 0 saturated heterocycles. The summed E-state index contributed by atoms with van der Waals surface area (Å²) in [6.07, 6.45) is 0. The largest absolute Gasteiger partial charge is 0.439 e. The predicted molar refractivity (Wildman–Crippen MR) is 69.7 cm³/mol. The molecule has 0 spiro atoms. The third kappa shape index (κ3) is 2.73. The molecule has 110 valence electrons. The van der Waals surface area contributed by atoms with Gasteiger partial charge in [-0.25, -0.2) is 13.2 Å². The van der Waals surface area contributed by atoms with E-state index in [1.807, 2.05) is 0 Å². The predicted octanol–water partition coefficient (Wildman–Crippen LogP) is 4.45. The smallest absolute Gasteiger partial charge is 0.207 e. The molecule has 0 heterocycles. The molecule has 0 atom stereocenters. The van der Waals surface area contributed by atoms with Crippen molar-refractivity contribution in [3.8, 4) is 5.75 Å². The summed E-state index contributed by atoms with van der Waals surface area (Å²) in [5, 5.41) is -0.392. The van der Waals surface area contributed by atoms with Gasteiger partial charge in [-0.15, -0.1) is 0 Å². The normalized spacial score (nSPS) is 10.6. The van der Waals surface area contributed by atoms with Crippen molar-refractivity contribution in [2.45, 2.75) is 6.92 Å². The monoisotopic (exact) mass is 318 g/mol. The molecule has 0 unspecified atom stereocenters. The zero-order chi connectivity index (χ0) is 15.7. The van der Waals surface area contributed by atoms with Crippen LogP contribution in [-0.4, -0.2) is 5.05 Å². The SMILES string of the molecule is Cc1ccccc1C(=S)Oc1c(F)c(F)c(F)c(F)c1F. The summed E-state index contributed by atoms with van der Waals surface area (Å²) in [6, 6.07) is 6.45. The number of benzene rings is 2. The standard InChI is InChI=1S/C14H7F5OS/c1-6-4-2-3-5-7(6)14(21)20-13-11(18)9(16)8(15)10(17)12(13)19/h2-5H,1H3. The number of hydrogen-bond acceptors (Lipinski definition) is 2. The summed E-state index contributed by atoms with van der Waals surface area (Å²) in [5.41, 5.74) is 0.947. The maximum absolute atomic E-state index is 13.5. The van der Waals surface area contributed by atoms with Crippen LogP contribution in [-0.2, 0) is 0 Å². The highest BCUT2D eigenvalue weighted by molar-refractivity contribution is 7.80. The second-order valence-electron chi connectivity index (χ2n) is 4.10. The molecule has 0 aromatic heterocycles. The van der Waals surface area contributed by atoms with E-state index in [0.717, 1.165) is 0 Å². The maximum atomic E-state index is 13.5. The molecule has 0 aliphatic rings. The van der Waals surface area contributed by atoms with Crippen molar-refractivity contribution in [3.63, 3.8) is 0 Å². The van der Waals surface area contributed by atoms with E-state index in [4.69, 9.17) is 17.0 Å². The Balaban J connectivity index is 2.46. The minimum Gasteiger partial charge on any atom is -0.439 e. The quantitative estimate of drug-likeness (QED) is 0.350. The lowest BCUT2D eigenvalue weighted by atomic mass is 10.1. The minimum absolute atomic E-state index is 0.316. The Kier molecular flexibility index (Phi) is 4.22. The summed E-state index contributed by atoms with van der Waals surface area (Å²) in [4.78, 5) is 0. The molecular weight excluding hydrogens is 311 g/mol. The van der Waals surface area contributed by atoms with Gasteiger partial charge in [-0.05, 0) is 24.7 Å². The Morgan fingerprint density at radius 2 is 1.33 bits per heavy atom. The molecular formula is C14H7F5OS. The Bertz CT molecular complexity index is 701. The number of ether oxygens (including phenoxy) is 1. The van der Waals surface area contributed by atoms with Crippen LogP contribution < -0.4 is 4.74 Å². The van der Waals surface area contributed by atoms with Crippen LogP contribution >= 0.6 is 12.2 Å². The molecule has 0 saturated carbocycles. The van der Waals surface area contributed by atoms with Crippen LogP contribution in [0.5, 0.6) is 5.75 Å². The van der Waals surface area contributed by atoms with Crippen LogP contribution in [0.4, 0.5) is 22.0 Å². The number of hydrogen-bond donors (Lipinski definition) is 0. The molecule has 0 aliphatic carbocycles. The van der Waals surface area contributed by atoms with Crippen LogP contribution in [0.1, 0.15) is 11.1 Å². The van der Waals surface area contributed by atoms with Crippen molar-refractivity contribution in [2.24, 2.45) is 0 Å². The van der Waals surface area contributed by atoms with E-state index in [1.165, 1.54) is 6.07 Å². The summed E-state index contributed by atoms with van der Waals surface area (Å²) in [6.45, 7) is 1.66. The van der Waals surface area contributed by atoms with Crippen LogP contribution in [0, 0.1) is 36.0 Å². The van der Waals surface area contributed by atoms with E-state index in [0.29, 0.717) is 11.1 Å². The second-order valence-corrected chi connectivity index (χ2v) is 4.47. The third-order valence-electron chi connectivity index (χ3n) is 2.73. The first-order valence-electron chi connectivity index (χ1n) is 5.63. The van der Waals surface area contributed by atoms with Gasteiger partial charge in [-0.3, -0.25) is 0 Å². The Morgan fingerprint density at radius 3 is 1.86 bits per heavy atom. The highest BCUT2D eigenvalue weighted by Crippen LogP contribution is 2.30. The lowest BCUT2D eigenvalue weighted by Crippen LogP contribution is -2.13. The van der Waals surface area contributed by atoms with E-state index >= 15 is 0 Å². The number of rotatable bonds is 2.